The molecule has 40 heavy (non-hydrogen) atoms. The van der Waals surface area contributed by atoms with Gasteiger partial charge >= 0.3 is 0 Å². The standard InChI is InChI=1S/2C16H12N2O2/c2*17-10-11-6-8-12(9-7-11)14-15(20-14)16(19)18-13-4-2-1-3-5-13/h2*1-9,14-15H,(H,18,19)/t2*14-,15-/m11/s1. The Kier molecular flexibility index (Phi) is 7.94. The normalized spacial score (nSPS) is 19.9. The van der Waals surface area contributed by atoms with E-state index in [-0.39, 0.29) is 24.0 Å². The lowest BCUT2D eigenvalue weighted by Gasteiger charge is -2.02. The third-order valence-corrected chi connectivity index (χ3v) is 6.32. The Balaban J connectivity index is 0.000000161. The van der Waals surface area contributed by atoms with Crippen LogP contribution in [0.4, 0.5) is 11.4 Å². The molecule has 4 aromatic rings. The molecule has 8 nitrogen and oxygen atoms in total. The van der Waals surface area contributed by atoms with Crippen LogP contribution >= 0.6 is 0 Å². The molecule has 2 fully saturated rings. The highest BCUT2D eigenvalue weighted by Crippen LogP contribution is 2.40. The summed E-state index contributed by atoms with van der Waals surface area (Å²) in [6, 6.07) is 36.9. The maximum atomic E-state index is 12.0. The van der Waals surface area contributed by atoms with Crippen LogP contribution in [-0.4, -0.2) is 24.0 Å². The van der Waals surface area contributed by atoms with E-state index in [9.17, 15) is 9.59 Å². The molecule has 4 atom stereocenters. The maximum absolute atomic E-state index is 12.0. The quantitative estimate of drug-likeness (QED) is 0.328. The predicted octanol–water partition coefficient (Wildman–Crippen LogP) is 5.27. The Hall–Kier alpha value is -5.28. The van der Waals surface area contributed by atoms with Crippen molar-refractivity contribution in [3.05, 3.63) is 131 Å². The highest BCUT2D eigenvalue weighted by Gasteiger charge is 2.46. The molecular formula is C32H24N4O4. The number of rotatable bonds is 6. The van der Waals surface area contributed by atoms with E-state index in [2.05, 4.69) is 22.8 Å². The molecule has 0 saturated carbocycles. The van der Waals surface area contributed by atoms with Crippen LogP contribution in [-0.2, 0) is 19.1 Å². The Morgan fingerprint density at radius 2 is 0.900 bits per heavy atom. The molecule has 0 unspecified atom stereocenters. The Morgan fingerprint density at radius 1 is 0.550 bits per heavy atom. The van der Waals surface area contributed by atoms with Crippen molar-refractivity contribution < 1.29 is 19.1 Å². The summed E-state index contributed by atoms with van der Waals surface area (Å²) in [4.78, 5) is 24.0. The van der Waals surface area contributed by atoms with Crippen molar-refractivity contribution in [2.24, 2.45) is 0 Å². The topological polar surface area (TPSA) is 131 Å². The summed E-state index contributed by atoms with van der Waals surface area (Å²) in [5.74, 6) is -0.295. The van der Waals surface area contributed by atoms with E-state index in [0.29, 0.717) is 11.1 Å². The zero-order valence-corrected chi connectivity index (χ0v) is 21.2. The van der Waals surface area contributed by atoms with Gasteiger partial charge < -0.3 is 20.1 Å². The van der Waals surface area contributed by atoms with E-state index in [1.807, 2.05) is 84.9 Å². The Morgan fingerprint density at radius 3 is 1.23 bits per heavy atom. The van der Waals surface area contributed by atoms with Gasteiger partial charge in [-0.05, 0) is 59.7 Å². The van der Waals surface area contributed by atoms with Gasteiger partial charge in [0.1, 0.15) is 12.2 Å². The number of hydrogen-bond donors (Lipinski definition) is 2. The van der Waals surface area contributed by atoms with Gasteiger partial charge in [0.25, 0.3) is 11.8 Å². The Bertz CT molecular complexity index is 1440. The number of carbonyl (C=O) groups excluding carboxylic acids is 2. The second kappa shape index (κ2) is 12.1. The van der Waals surface area contributed by atoms with Gasteiger partial charge in [-0.3, -0.25) is 9.59 Å². The van der Waals surface area contributed by atoms with Crippen molar-refractivity contribution in [3.8, 4) is 12.1 Å². The van der Waals surface area contributed by atoms with Gasteiger partial charge in [-0.1, -0.05) is 60.7 Å². The molecule has 2 aliphatic rings. The number of nitrogens with one attached hydrogen (secondary N) is 2. The third-order valence-electron chi connectivity index (χ3n) is 6.32. The smallest absolute Gasteiger partial charge is 0.256 e. The fourth-order valence-electron chi connectivity index (χ4n) is 4.09. The van der Waals surface area contributed by atoms with E-state index >= 15 is 0 Å². The number of nitrogens with zero attached hydrogens (tertiary/aromatic N) is 2. The third kappa shape index (κ3) is 6.58. The SMILES string of the molecule is N#Cc1ccc([C@H]2O[C@H]2C(=O)Nc2ccccc2)cc1.N#Cc1ccc([C@H]2O[C@H]2C(=O)Nc2ccccc2)cc1. The second-order valence-electron chi connectivity index (χ2n) is 9.13. The summed E-state index contributed by atoms with van der Waals surface area (Å²) in [5, 5.41) is 23.1. The van der Waals surface area contributed by atoms with Crippen LogP contribution in [0.2, 0.25) is 0 Å². The van der Waals surface area contributed by atoms with Gasteiger partial charge in [0.05, 0.1) is 23.3 Å². The molecule has 2 N–H and O–H groups in total. The maximum Gasteiger partial charge on any atom is 0.256 e. The number of amides is 2. The predicted molar refractivity (Wildman–Crippen MR) is 148 cm³/mol. The first-order valence-electron chi connectivity index (χ1n) is 12.6. The van der Waals surface area contributed by atoms with Gasteiger partial charge in [0.2, 0.25) is 0 Å². The van der Waals surface area contributed by atoms with E-state index in [0.717, 1.165) is 22.5 Å². The molecule has 4 aromatic carbocycles. The Labute approximate surface area is 231 Å². The van der Waals surface area contributed by atoms with E-state index in [1.165, 1.54) is 0 Å². The molecule has 2 aliphatic heterocycles. The summed E-state index contributed by atoms with van der Waals surface area (Å²) >= 11 is 0. The van der Waals surface area contributed by atoms with E-state index in [1.54, 1.807) is 24.3 Å². The summed E-state index contributed by atoms with van der Waals surface area (Å²) in [7, 11) is 0. The number of benzene rings is 4. The fraction of sp³-hybridized carbons (Fsp3) is 0.125. The molecule has 6 rings (SSSR count). The number of anilines is 2. The zero-order valence-electron chi connectivity index (χ0n) is 21.2. The first kappa shape index (κ1) is 26.3. The lowest BCUT2D eigenvalue weighted by atomic mass is 10.1. The average Bonchev–Trinajstić information content (AvgIpc) is 3.93. The fourth-order valence-corrected chi connectivity index (χ4v) is 4.09. The van der Waals surface area contributed by atoms with Crippen molar-refractivity contribution in [1.29, 1.82) is 10.5 Å². The molecule has 0 radical (unpaired) electrons. The molecule has 2 amide bonds. The first-order chi connectivity index (χ1) is 19.6. The van der Waals surface area contributed by atoms with Crippen LogP contribution in [0, 0.1) is 22.7 Å². The van der Waals surface area contributed by atoms with E-state index in [4.69, 9.17) is 20.0 Å². The van der Waals surface area contributed by atoms with Gasteiger partial charge in [-0.15, -0.1) is 0 Å². The second-order valence-corrected chi connectivity index (χ2v) is 9.13. The largest absolute Gasteiger partial charge is 0.354 e. The summed E-state index contributed by atoms with van der Waals surface area (Å²) < 4.78 is 10.8. The first-order valence-corrected chi connectivity index (χ1v) is 12.6. The van der Waals surface area contributed by atoms with Crippen LogP contribution in [0.1, 0.15) is 34.5 Å². The van der Waals surface area contributed by atoms with Crippen molar-refractivity contribution in [1.82, 2.24) is 0 Å². The van der Waals surface area contributed by atoms with Crippen LogP contribution in [0.3, 0.4) is 0 Å². The summed E-state index contributed by atoms with van der Waals surface area (Å²) in [6.45, 7) is 0. The van der Waals surface area contributed by atoms with Crippen LogP contribution in [0.25, 0.3) is 0 Å². The number of hydrogen-bond acceptors (Lipinski definition) is 6. The summed E-state index contributed by atoms with van der Waals surface area (Å²) in [6.07, 6.45) is -1.34. The van der Waals surface area contributed by atoms with Crippen LogP contribution < -0.4 is 10.6 Å². The zero-order chi connectivity index (χ0) is 27.9. The molecule has 0 spiro atoms. The van der Waals surface area contributed by atoms with Crippen LogP contribution in [0.5, 0.6) is 0 Å². The molecule has 0 aliphatic carbocycles. The highest BCUT2D eigenvalue weighted by molar-refractivity contribution is 5.96. The number of ether oxygens (including phenoxy) is 2. The minimum Gasteiger partial charge on any atom is -0.354 e. The molecule has 2 heterocycles. The summed E-state index contributed by atoms with van der Waals surface area (Å²) in [5.41, 5.74) is 4.53. The average molecular weight is 529 g/mol. The monoisotopic (exact) mass is 528 g/mol. The van der Waals surface area contributed by atoms with Crippen molar-refractivity contribution >= 4 is 23.2 Å². The number of para-hydroxylation sites is 2. The molecule has 2 saturated heterocycles. The minimum atomic E-state index is -0.455. The molecule has 0 bridgehead atoms. The molecule has 0 aromatic heterocycles. The van der Waals surface area contributed by atoms with Crippen molar-refractivity contribution in [2.75, 3.05) is 10.6 Å². The number of carbonyl (C=O) groups is 2. The van der Waals surface area contributed by atoms with Gasteiger partial charge in [0.15, 0.2) is 12.2 Å². The minimum absolute atomic E-state index is 0.148. The van der Waals surface area contributed by atoms with E-state index < -0.39 is 12.2 Å². The van der Waals surface area contributed by atoms with Gasteiger partial charge in [-0.25, -0.2) is 0 Å². The number of nitriles is 2. The van der Waals surface area contributed by atoms with Crippen molar-refractivity contribution in [3.63, 3.8) is 0 Å². The van der Waals surface area contributed by atoms with Crippen molar-refractivity contribution in [2.45, 2.75) is 24.4 Å². The molecule has 8 heteroatoms. The lowest BCUT2D eigenvalue weighted by molar-refractivity contribution is -0.118. The number of epoxide rings is 2. The molecular weight excluding hydrogens is 504 g/mol. The van der Waals surface area contributed by atoms with Crippen LogP contribution in [0.15, 0.2) is 109 Å². The molecule has 196 valence electrons. The van der Waals surface area contributed by atoms with Gasteiger partial charge in [0, 0.05) is 11.4 Å². The lowest BCUT2D eigenvalue weighted by Crippen LogP contribution is -2.18. The van der Waals surface area contributed by atoms with Gasteiger partial charge in [-0.2, -0.15) is 10.5 Å². The highest BCUT2D eigenvalue weighted by atomic mass is 16.6.